The number of benzene rings is 2. The highest BCUT2D eigenvalue weighted by molar-refractivity contribution is 5.66. The zero-order valence-electron chi connectivity index (χ0n) is 14.2. The first-order chi connectivity index (χ1) is 12.2. The fraction of sp³-hybridized carbons (Fsp3) is 0.238. The summed E-state index contributed by atoms with van der Waals surface area (Å²) in [5.41, 5.74) is 10.8. The van der Waals surface area contributed by atoms with E-state index in [0.29, 0.717) is 11.8 Å². The van der Waals surface area contributed by atoms with E-state index < -0.39 is 0 Å². The number of hydrogen-bond donors (Lipinski definition) is 1. The van der Waals surface area contributed by atoms with Gasteiger partial charge in [-0.1, -0.05) is 36.4 Å². The van der Waals surface area contributed by atoms with Crippen LogP contribution < -0.4 is 10.5 Å². The van der Waals surface area contributed by atoms with E-state index in [1.54, 1.807) is 12.4 Å². The standard InChI is InChI=1S/C21H21N3O/c1-14(18-4-2-3-5-19(18)15-6-7-15)25-21-20(23-12-13-24-21)16-8-10-17(22)11-9-16/h2-5,8-15H,6-7,22H2,1H3. The second kappa shape index (κ2) is 6.55. The Morgan fingerprint density at radius 1 is 1.00 bits per heavy atom. The Balaban J connectivity index is 1.64. The maximum absolute atomic E-state index is 6.23. The molecule has 4 rings (SSSR count). The van der Waals surface area contributed by atoms with Gasteiger partial charge in [-0.05, 0) is 48.9 Å². The molecule has 0 saturated heterocycles. The van der Waals surface area contributed by atoms with Gasteiger partial charge in [0, 0.05) is 23.6 Å². The molecule has 1 aliphatic rings. The normalized spacial score (nSPS) is 14.9. The molecule has 25 heavy (non-hydrogen) atoms. The Morgan fingerprint density at radius 2 is 1.72 bits per heavy atom. The van der Waals surface area contributed by atoms with E-state index in [1.807, 2.05) is 24.3 Å². The molecule has 1 atom stereocenters. The van der Waals surface area contributed by atoms with E-state index in [2.05, 4.69) is 41.2 Å². The van der Waals surface area contributed by atoms with Crippen molar-refractivity contribution in [2.75, 3.05) is 5.73 Å². The number of nitrogens with zero attached hydrogens (tertiary/aromatic N) is 2. The topological polar surface area (TPSA) is 61.0 Å². The summed E-state index contributed by atoms with van der Waals surface area (Å²) in [7, 11) is 0. The van der Waals surface area contributed by atoms with Crippen LogP contribution in [-0.4, -0.2) is 9.97 Å². The summed E-state index contributed by atoms with van der Waals surface area (Å²) in [6.45, 7) is 2.07. The Hall–Kier alpha value is -2.88. The largest absolute Gasteiger partial charge is 0.468 e. The highest BCUT2D eigenvalue weighted by Crippen LogP contribution is 2.43. The van der Waals surface area contributed by atoms with Gasteiger partial charge in [-0.3, -0.25) is 0 Å². The minimum absolute atomic E-state index is 0.0824. The van der Waals surface area contributed by atoms with Gasteiger partial charge in [0.1, 0.15) is 11.8 Å². The predicted molar refractivity (Wildman–Crippen MR) is 99.3 cm³/mol. The molecular formula is C21H21N3O. The summed E-state index contributed by atoms with van der Waals surface area (Å²) in [4.78, 5) is 8.88. The molecule has 1 fully saturated rings. The Labute approximate surface area is 147 Å². The minimum Gasteiger partial charge on any atom is -0.468 e. The molecule has 2 N–H and O–H groups in total. The van der Waals surface area contributed by atoms with E-state index in [4.69, 9.17) is 10.5 Å². The molecule has 126 valence electrons. The minimum atomic E-state index is -0.0824. The molecule has 0 radical (unpaired) electrons. The van der Waals surface area contributed by atoms with Gasteiger partial charge in [0.05, 0.1) is 0 Å². The zero-order valence-corrected chi connectivity index (χ0v) is 14.2. The lowest BCUT2D eigenvalue weighted by molar-refractivity contribution is 0.216. The number of hydrogen-bond acceptors (Lipinski definition) is 4. The number of nitrogen functional groups attached to an aromatic ring is 1. The number of rotatable bonds is 5. The van der Waals surface area contributed by atoms with Crippen LogP contribution in [0.4, 0.5) is 5.69 Å². The maximum Gasteiger partial charge on any atom is 0.241 e. The first-order valence-electron chi connectivity index (χ1n) is 8.65. The molecule has 1 unspecified atom stereocenters. The molecule has 0 spiro atoms. The maximum atomic E-state index is 6.23. The van der Waals surface area contributed by atoms with E-state index in [9.17, 15) is 0 Å². The number of aromatic nitrogens is 2. The quantitative estimate of drug-likeness (QED) is 0.686. The third kappa shape index (κ3) is 3.33. The third-order valence-corrected chi connectivity index (χ3v) is 4.59. The van der Waals surface area contributed by atoms with E-state index >= 15 is 0 Å². The van der Waals surface area contributed by atoms with Crippen molar-refractivity contribution in [2.45, 2.75) is 31.8 Å². The van der Waals surface area contributed by atoms with Crippen molar-refractivity contribution in [3.05, 3.63) is 72.1 Å². The first-order valence-corrected chi connectivity index (χ1v) is 8.65. The fourth-order valence-corrected chi connectivity index (χ4v) is 3.13. The highest BCUT2D eigenvalue weighted by atomic mass is 16.5. The van der Waals surface area contributed by atoms with Gasteiger partial charge in [0.2, 0.25) is 5.88 Å². The van der Waals surface area contributed by atoms with Crippen LogP contribution in [0.5, 0.6) is 5.88 Å². The number of nitrogens with two attached hydrogens (primary N) is 1. The molecule has 1 saturated carbocycles. The first kappa shape index (κ1) is 15.6. The van der Waals surface area contributed by atoms with Gasteiger partial charge in [-0.25, -0.2) is 9.97 Å². The Kier molecular flexibility index (Phi) is 4.10. The van der Waals surface area contributed by atoms with E-state index in [1.165, 1.54) is 24.0 Å². The second-order valence-corrected chi connectivity index (χ2v) is 6.50. The molecule has 0 aliphatic heterocycles. The van der Waals surface area contributed by atoms with E-state index in [-0.39, 0.29) is 6.10 Å². The lowest BCUT2D eigenvalue weighted by atomic mass is 9.99. The van der Waals surface area contributed by atoms with Crippen molar-refractivity contribution >= 4 is 5.69 Å². The molecule has 1 aliphatic carbocycles. The Bertz CT molecular complexity index is 872. The summed E-state index contributed by atoms with van der Waals surface area (Å²) in [5.74, 6) is 1.23. The molecule has 3 aromatic rings. The van der Waals surface area contributed by atoms with Gasteiger partial charge in [0.15, 0.2) is 0 Å². The van der Waals surface area contributed by atoms with Crippen molar-refractivity contribution < 1.29 is 4.74 Å². The Morgan fingerprint density at radius 3 is 2.48 bits per heavy atom. The van der Waals surface area contributed by atoms with Crippen LogP contribution in [0, 0.1) is 0 Å². The number of anilines is 1. The fourth-order valence-electron chi connectivity index (χ4n) is 3.13. The summed E-state index contributed by atoms with van der Waals surface area (Å²) < 4.78 is 6.23. The molecule has 0 bridgehead atoms. The van der Waals surface area contributed by atoms with Crippen LogP contribution in [0.25, 0.3) is 11.3 Å². The van der Waals surface area contributed by atoms with Crippen LogP contribution in [-0.2, 0) is 0 Å². The summed E-state index contributed by atoms with van der Waals surface area (Å²) in [5, 5.41) is 0. The van der Waals surface area contributed by atoms with Crippen molar-refractivity contribution in [3.8, 4) is 17.1 Å². The average molecular weight is 331 g/mol. The van der Waals surface area contributed by atoms with Gasteiger partial charge in [0.25, 0.3) is 0 Å². The van der Waals surface area contributed by atoms with Crippen LogP contribution in [0.15, 0.2) is 60.9 Å². The molecule has 2 aromatic carbocycles. The molecule has 1 heterocycles. The lowest BCUT2D eigenvalue weighted by Crippen LogP contribution is -2.08. The van der Waals surface area contributed by atoms with Crippen molar-refractivity contribution in [1.82, 2.24) is 9.97 Å². The van der Waals surface area contributed by atoms with Crippen LogP contribution in [0.3, 0.4) is 0 Å². The second-order valence-electron chi connectivity index (χ2n) is 6.50. The van der Waals surface area contributed by atoms with Crippen molar-refractivity contribution in [1.29, 1.82) is 0 Å². The van der Waals surface area contributed by atoms with Crippen molar-refractivity contribution in [2.24, 2.45) is 0 Å². The lowest BCUT2D eigenvalue weighted by Gasteiger charge is -2.19. The van der Waals surface area contributed by atoms with Gasteiger partial charge < -0.3 is 10.5 Å². The predicted octanol–water partition coefficient (Wildman–Crippen LogP) is 4.74. The van der Waals surface area contributed by atoms with Crippen LogP contribution in [0.1, 0.15) is 42.9 Å². The average Bonchev–Trinajstić information content (AvgIpc) is 3.48. The number of ether oxygens (including phenoxy) is 1. The summed E-state index contributed by atoms with van der Waals surface area (Å²) in [6.07, 6.45) is 5.80. The third-order valence-electron chi connectivity index (χ3n) is 4.59. The molecule has 0 amide bonds. The smallest absolute Gasteiger partial charge is 0.241 e. The van der Waals surface area contributed by atoms with E-state index in [0.717, 1.165) is 16.9 Å². The zero-order chi connectivity index (χ0) is 17.2. The van der Waals surface area contributed by atoms with Gasteiger partial charge in [-0.2, -0.15) is 0 Å². The van der Waals surface area contributed by atoms with Crippen LogP contribution in [0.2, 0.25) is 0 Å². The molecular weight excluding hydrogens is 310 g/mol. The molecule has 4 heteroatoms. The monoisotopic (exact) mass is 331 g/mol. The van der Waals surface area contributed by atoms with Crippen molar-refractivity contribution in [3.63, 3.8) is 0 Å². The molecule has 1 aromatic heterocycles. The van der Waals surface area contributed by atoms with Gasteiger partial charge in [-0.15, -0.1) is 0 Å². The summed E-state index contributed by atoms with van der Waals surface area (Å²) >= 11 is 0. The van der Waals surface area contributed by atoms with Gasteiger partial charge >= 0.3 is 0 Å². The molecule has 4 nitrogen and oxygen atoms in total. The SMILES string of the molecule is CC(Oc1nccnc1-c1ccc(N)cc1)c1ccccc1C1CC1. The van der Waals surface area contributed by atoms with Crippen LogP contribution >= 0.6 is 0 Å². The summed E-state index contributed by atoms with van der Waals surface area (Å²) in [6, 6.07) is 16.1. The highest BCUT2D eigenvalue weighted by Gasteiger charge is 2.28.